The lowest BCUT2D eigenvalue weighted by Crippen LogP contribution is -2.60. The predicted octanol–water partition coefficient (Wildman–Crippen LogP) is 5.04. The van der Waals surface area contributed by atoms with Crippen LogP contribution >= 0.6 is 11.9 Å². The van der Waals surface area contributed by atoms with E-state index >= 15 is 0 Å². The summed E-state index contributed by atoms with van der Waals surface area (Å²) in [5.74, 6) is 0.590. The lowest BCUT2D eigenvalue weighted by atomic mass is 9.71. The molecule has 7 heterocycles. The Kier molecular flexibility index (Phi) is 10.1. The fraction of sp³-hybridized carbons (Fsp3) is 0.409. The van der Waals surface area contributed by atoms with Gasteiger partial charge in [-0.3, -0.25) is 34.1 Å². The van der Waals surface area contributed by atoms with E-state index in [0.717, 1.165) is 103 Å². The molecule has 3 aromatic carbocycles. The third-order valence-corrected chi connectivity index (χ3v) is 13.9. The number of nitrogens with zero attached hydrogens (tertiary/aromatic N) is 7. The molecule has 0 aliphatic carbocycles. The summed E-state index contributed by atoms with van der Waals surface area (Å²) in [5, 5.41) is 11.7. The van der Waals surface area contributed by atoms with E-state index in [4.69, 9.17) is 14.0 Å². The van der Waals surface area contributed by atoms with Crippen LogP contribution in [0.5, 0.6) is 11.5 Å². The highest BCUT2D eigenvalue weighted by Gasteiger charge is 2.46. The molecule has 2 atom stereocenters. The SMILES string of the molecule is COc1ccc(N2CC3(CCN(CC4CCN(c5ccc6c(c5)C(=O)N(C5CCC(=O)NC5=O)C6=O)C4)CC3)C2)cc1SNc1noc2cc(Cn3cccn3)cc(OC)c12. The van der Waals surface area contributed by atoms with Gasteiger partial charge in [0, 0.05) is 68.3 Å². The first-order valence-electron chi connectivity index (χ1n) is 20.8. The number of fused-ring (bicyclic) bond motifs is 2. The fourth-order valence-corrected chi connectivity index (χ4v) is 10.5. The Morgan fingerprint density at radius 1 is 0.902 bits per heavy atom. The topological polar surface area (TPSA) is 168 Å². The van der Waals surface area contributed by atoms with E-state index in [1.165, 1.54) is 11.9 Å². The quantitative estimate of drug-likeness (QED) is 0.127. The van der Waals surface area contributed by atoms with E-state index in [9.17, 15) is 19.2 Å². The average molecular weight is 846 g/mol. The van der Waals surface area contributed by atoms with Crippen LogP contribution in [0.25, 0.3) is 11.0 Å². The molecule has 4 saturated heterocycles. The monoisotopic (exact) mass is 845 g/mol. The highest BCUT2D eigenvalue weighted by Crippen LogP contribution is 2.45. The first-order valence-corrected chi connectivity index (χ1v) is 21.6. The zero-order valence-corrected chi connectivity index (χ0v) is 34.9. The highest BCUT2D eigenvalue weighted by atomic mass is 32.2. The van der Waals surface area contributed by atoms with Crippen LogP contribution in [-0.2, 0) is 16.1 Å². The molecule has 1 spiro atoms. The molecule has 61 heavy (non-hydrogen) atoms. The van der Waals surface area contributed by atoms with Gasteiger partial charge in [0.15, 0.2) is 11.4 Å². The summed E-state index contributed by atoms with van der Waals surface area (Å²) in [6.45, 7) is 7.58. The minimum atomic E-state index is -0.966. The number of aromatic nitrogens is 3. The van der Waals surface area contributed by atoms with Gasteiger partial charge in [-0.2, -0.15) is 5.10 Å². The van der Waals surface area contributed by atoms with E-state index in [2.05, 4.69) is 47.1 Å². The lowest BCUT2D eigenvalue weighted by Gasteiger charge is -2.55. The van der Waals surface area contributed by atoms with Crippen LogP contribution in [0.4, 0.5) is 17.2 Å². The van der Waals surface area contributed by atoms with Crippen molar-refractivity contribution >= 4 is 63.7 Å². The van der Waals surface area contributed by atoms with Crippen LogP contribution < -0.4 is 29.3 Å². The first kappa shape index (κ1) is 39.1. The van der Waals surface area contributed by atoms with Gasteiger partial charge in [-0.15, -0.1) is 0 Å². The maximum Gasteiger partial charge on any atom is 0.262 e. The number of piperidine rings is 2. The molecule has 0 bridgehead atoms. The molecule has 5 aliphatic rings. The Morgan fingerprint density at radius 3 is 2.46 bits per heavy atom. The fourth-order valence-electron chi connectivity index (χ4n) is 9.75. The molecule has 316 valence electrons. The van der Waals surface area contributed by atoms with Gasteiger partial charge in [-0.25, -0.2) is 0 Å². The molecule has 4 amide bonds. The van der Waals surface area contributed by atoms with E-state index in [0.29, 0.717) is 46.2 Å². The van der Waals surface area contributed by atoms with Gasteiger partial charge < -0.3 is 33.4 Å². The minimum absolute atomic E-state index is 0.0986. The number of amides is 4. The van der Waals surface area contributed by atoms with Crippen LogP contribution in [0.2, 0.25) is 0 Å². The Hall–Kier alpha value is -6.07. The number of benzene rings is 3. The molecule has 10 rings (SSSR count). The minimum Gasteiger partial charge on any atom is -0.496 e. The third kappa shape index (κ3) is 7.32. The largest absolute Gasteiger partial charge is 0.496 e. The smallest absolute Gasteiger partial charge is 0.262 e. The number of carbonyl (C=O) groups is 4. The summed E-state index contributed by atoms with van der Waals surface area (Å²) >= 11 is 1.43. The summed E-state index contributed by atoms with van der Waals surface area (Å²) in [5.41, 5.74) is 4.65. The average Bonchev–Trinajstić information content (AvgIpc) is 4.08. The van der Waals surface area contributed by atoms with Gasteiger partial charge in [0.25, 0.3) is 11.8 Å². The number of carbonyl (C=O) groups excluding carboxylic acids is 4. The van der Waals surface area contributed by atoms with Crippen molar-refractivity contribution in [2.75, 3.05) is 74.6 Å². The van der Waals surface area contributed by atoms with Crippen molar-refractivity contribution in [3.8, 4) is 11.5 Å². The Labute approximate surface area is 356 Å². The molecule has 2 aromatic heterocycles. The number of ether oxygens (including phenoxy) is 2. The van der Waals surface area contributed by atoms with Crippen LogP contribution in [0.3, 0.4) is 0 Å². The summed E-state index contributed by atoms with van der Waals surface area (Å²) in [7, 11) is 3.33. The number of hydrogen-bond acceptors (Lipinski definition) is 14. The molecular weight excluding hydrogens is 799 g/mol. The molecule has 17 heteroatoms. The van der Waals surface area contributed by atoms with Gasteiger partial charge in [0.1, 0.15) is 22.9 Å². The number of anilines is 3. The second-order valence-corrected chi connectivity index (χ2v) is 17.7. The van der Waals surface area contributed by atoms with Gasteiger partial charge in [0.05, 0.1) is 36.8 Å². The summed E-state index contributed by atoms with van der Waals surface area (Å²) in [4.78, 5) is 60.1. The van der Waals surface area contributed by atoms with Crippen molar-refractivity contribution in [2.45, 2.75) is 49.6 Å². The number of hydrogen-bond donors (Lipinski definition) is 2. The standard InChI is InChI=1S/C44H47N9O7S/c1-58-34-8-5-30(21-37(34)61-48-40-39-35(59-2)18-28(19-36(39)60-47-40)24-52-14-3-13-45-52)51-25-44(26-51)11-16-49(17-12-44)22-27-10-15-50(23-27)29-4-6-31-32(20-29)43(57)53(42(31)56)33-7-9-38(54)46-41(33)55/h3-6,8,13-14,18-21,27,33H,7,9-12,15-17,22-26H2,1-2H3,(H,47,48)(H,46,54,55). The molecule has 0 saturated carbocycles. The Balaban J connectivity index is 0.719. The number of methoxy groups -OCH3 is 2. The highest BCUT2D eigenvalue weighted by molar-refractivity contribution is 8.00. The van der Waals surface area contributed by atoms with E-state index in [-0.39, 0.29) is 18.7 Å². The molecule has 5 aliphatic heterocycles. The van der Waals surface area contributed by atoms with Crippen molar-refractivity contribution in [3.05, 3.63) is 83.7 Å². The normalized spacial score (nSPS) is 21.3. The zero-order valence-electron chi connectivity index (χ0n) is 34.1. The van der Waals surface area contributed by atoms with Gasteiger partial charge in [-0.1, -0.05) is 5.16 Å². The van der Waals surface area contributed by atoms with Gasteiger partial charge in [-0.05, 0) is 117 Å². The van der Waals surface area contributed by atoms with Crippen LogP contribution in [-0.4, -0.2) is 114 Å². The van der Waals surface area contributed by atoms with Crippen molar-refractivity contribution in [3.63, 3.8) is 0 Å². The lowest BCUT2D eigenvalue weighted by molar-refractivity contribution is -0.136. The van der Waals surface area contributed by atoms with Gasteiger partial charge >= 0.3 is 0 Å². The van der Waals surface area contributed by atoms with Crippen LogP contribution in [0.1, 0.15) is 58.4 Å². The van der Waals surface area contributed by atoms with Crippen LogP contribution in [0, 0.1) is 11.3 Å². The van der Waals surface area contributed by atoms with Crippen molar-refractivity contribution in [1.29, 1.82) is 0 Å². The van der Waals surface area contributed by atoms with E-state index in [1.807, 2.05) is 41.2 Å². The zero-order chi connectivity index (χ0) is 41.8. The number of imide groups is 2. The number of rotatable bonds is 12. The van der Waals surface area contributed by atoms with Crippen molar-refractivity contribution < 1.29 is 33.2 Å². The van der Waals surface area contributed by atoms with E-state index in [1.54, 1.807) is 32.5 Å². The second-order valence-electron chi connectivity index (χ2n) is 16.9. The number of nitrogens with one attached hydrogen (secondary N) is 2. The molecule has 5 aromatic rings. The van der Waals surface area contributed by atoms with E-state index < -0.39 is 23.8 Å². The number of likely N-dealkylation sites (tertiary alicyclic amines) is 1. The molecule has 2 N–H and O–H groups in total. The van der Waals surface area contributed by atoms with Crippen LogP contribution in [0.15, 0.2) is 76.4 Å². The Morgan fingerprint density at radius 2 is 1.69 bits per heavy atom. The molecular formula is C44H47N9O7S. The maximum atomic E-state index is 13.4. The Bertz CT molecular complexity index is 2530. The first-order chi connectivity index (χ1) is 29.7. The second kappa shape index (κ2) is 15.8. The molecule has 2 unspecified atom stereocenters. The maximum absolute atomic E-state index is 13.4. The summed E-state index contributed by atoms with van der Waals surface area (Å²) < 4.78 is 22.5. The van der Waals surface area contributed by atoms with Crippen molar-refractivity contribution in [2.24, 2.45) is 11.3 Å². The predicted molar refractivity (Wildman–Crippen MR) is 228 cm³/mol. The van der Waals surface area contributed by atoms with Crippen molar-refractivity contribution in [1.82, 2.24) is 30.1 Å². The molecule has 16 nitrogen and oxygen atoms in total. The third-order valence-electron chi connectivity index (χ3n) is 13.1. The van der Waals surface area contributed by atoms with Gasteiger partial charge in [0.2, 0.25) is 11.8 Å². The molecule has 0 radical (unpaired) electrons. The summed E-state index contributed by atoms with van der Waals surface area (Å²) in [6.07, 6.45) is 7.29. The molecule has 4 fully saturated rings. The summed E-state index contributed by atoms with van der Waals surface area (Å²) in [6, 6.07) is 16.6.